The highest BCUT2D eigenvalue weighted by Crippen LogP contribution is 2.41. The predicted molar refractivity (Wildman–Crippen MR) is 131 cm³/mol. The van der Waals surface area contributed by atoms with Gasteiger partial charge in [-0.25, -0.2) is 4.79 Å². The molecule has 1 aliphatic carbocycles. The van der Waals surface area contributed by atoms with Gasteiger partial charge in [-0.15, -0.1) is 11.8 Å². The molecule has 170 valence electrons. The maximum absolute atomic E-state index is 13.7. The lowest BCUT2D eigenvalue weighted by Crippen LogP contribution is -2.48. The van der Waals surface area contributed by atoms with Gasteiger partial charge in [0, 0.05) is 11.3 Å². The number of carbonyl (C=O) groups excluding carboxylic acids is 2. The number of amides is 1. The first-order chi connectivity index (χ1) is 15.7. The average molecular weight is 452 g/mol. The van der Waals surface area contributed by atoms with E-state index >= 15 is 0 Å². The van der Waals surface area contributed by atoms with Crippen molar-refractivity contribution in [2.24, 2.45) is 5.92 Å². The molecular formula is C27H33NO3S. The molecule has 0 radical (unpaired) electrons. The Labute approximate surface area is 195 Å². The van der Waals surface area contributed by atoms with Crippen molar-refractivity contribution in [3.63, 3.8) is 0 Å². The highest BCUT2D eigenvalue weighted by Gasteiger charge is 2.45. The van der Waals surface area contributed by atoms with Gasteiger partial charge in [0.2, 0.25) is 0 Å². The molecule has 1 amide bonds. The molecule has 4 nitrogen and oxygen atoms in total. The molecule has 1 saturated heterocycles. The van der Waals surface area contributed by atoms with Gasteiger partial charge in [0.15, 0.2) is 0 Å². The lowest BCUT2D eigenvalue weighted by Gasteiger charge is -2.35. The van der Waals surface area contributed by atoms with Crippen molar-refractivity contribution < 1.29 is 14.3 Å². The summed E-state index contributed by atoms with van der Waals surface area (Å²) in [7, 11) is 0. The van der Waals surface area contributed by atoms with Gasteiger partial charge in [-0.1, -0.05) is 75.1 Å². The lowest BCUT2D eigenvalue weighted by atomic mass is 9.88. The van der Waals surface area contributed by atoms with Crippen LogP contribution in [0.1, 0.15) is 62.2 Å². The third kappa shape index (κ3) is 5.20. The molecule has 4 rings (SSSR count). The molecule has 5 heteroatoms. The van der Waals surface area contributed by atoms with E-state index in [4.69, 9.17) is 4.74 Å². The fourth-order valence-electron chi connectivity index (χ4n) is 4.75. The first-order valence-corrected chi connectivity index (χ1v) is 13.0. The standard InChI is InChI=1S/C27H33NO3S/c1-2-3-18-31-27(30)24-19-32-26(23-12-8-5-9-13-23)28(24)25(29)22-16-14-21(15-17-22)20-10-6-4-7-11-20/h4,6-7,10-11,14-17,23-24,26H,2-3,5,8-9,12-13,18-19H2,1H3. The van der Waals surface area contributed by atoms with E-state index in [0.717, 1.165) is 36.8 Å². The number of nitrogens with zero attached hydrogens (tertiary/aromatic N) is 1. The van der Waals surface area contributed by atoms with Crippen LogP contribution in [0.15, 0.2) is 54.6 Å². The molecule has 1 saturated carbocycles. The van der Waals surface area contributed by atoms with Crippen LogP contribution < -0.4 is 0 Å². The number of hydrogen-bond acceptors (Lipinski definition) is 4. The Morgan fingerprint density at radius 1 is 0.969 bits per heavy atom. The summed E-state index contributed by atoms with van der Waals surface area (Å²) in [5.41, 5.74) is 2.84. The molecule has 2 atom stereocenters. The summed E-state index contributed by atoms with van der Waals surface area (Å²) in [6, 6.07) is 17.4. The van der Waals surface area contributed by atoms with Gasteiger partial charge in [-0.3, -0.25) is 4.79 Å². The van der Waals surface area contributed by atoms with E-state index in [1.807, 2.05) is 47.4 Å². The highest BCUT2D eigenvalue weighted by atomic mass is 32.2. The zero-order valence-electron chi connectivity index (χ0n) is 18.9. The van der Waals surface area contributed by atoms with Gasteiger partial charge in [0.1, 0.15) is 6.04 Å². The summed E-state index contributed by atoms with van der Waals surface area (Å²) < 4.78 is 5.55. The van der Waals surface area contributed by atoms with Crippen LogP contribution in [0.25, 0.3) is 11.1 Å². The number of benzene rings is 2. The van der Waals surface area contributed by atoms with E-state index in [1.165, 1.54) is 19.3 Å². The fraction of sp³-hybridized carbons (Fsp3) is 0.481. The van der Waals surface area contributed by atoms with Gasteiger partial charge in [-0.2, -0.15) is 0 Å². The van der Waals surface area contributed by atoms with E-state index in [1.54, 1.807) is 11.8 Å². The van der Waals surface area contributed by atoms with Gasteiger partial charge in [0.25, 0.3) is 5.91 Å². The van der Waals surface area contributed by atoms with Crippen LogP contribution in [0.4, 0.5) is 0 Å². The average Bonchev–Trinajstić information content (AvgIpc) is 3.30. The second-order valence-corrected chi connectivity index (χ2v) is 9.96. The summed E-state index contributed by atoms with van der Waals surface area (Å²) in [5, 5.41) is 0.0559. The first kappa shape index (κ1) is 22.9. The number of thioether (sulfide) groups is 1. The molecule has 1 aliphatic heterocycles. The second-order valence-electron chi connectivity index (χ2n) is 8.81. The lowest BCUT2D eigenvalue weighted by molar-refractivity contribution is -0.148. The Bertz CT molecular complexity index is 893. The number of carbonyl (C=O) groups is 2. The monoisotopic (exact) mass is 451 g/mol. The second kappa shape index (κ2) is 11.0. The Kier molecular flexibility index (Phi) is 7.90. The zero-order valence-corrected chi connectivity index (χ0v) is 19.7. The SMILES string of the molecule is CCCCOC(=O)C1CSC(C2CCCCC2)N1C(=O)c1ccc(-c2ccccc2)cc1. The van der Waals surface area contributed by atoms with Crippen LogP contribution in [-0.4, -0.2) is 40.6 Å². The smallest absolute Gasteiger partial charge is 0.329 e. The summed E-state index contributed by atoms with van der Waals surface area (Å²) in [4.78, 5) is 28.5. The summed E-state index contributed by atoms with van der Waals surface area (Å²) in [6.07, 6.45) is 7.78. The summed E-state index contributed by atoms with van der Waals surface area (Å²) in [5.74, 6) is 0.774. The molecule has 0 bridgehead atoms. The van der Waals surface area contributed by atoms with Gasteiger partial charge >= 0.3 is 5.97 Å². The summed E-state index contributed by atoms with van der Waals surface area (Å²) in [6.45, 7) is 2.51. The molecule has 0 spiro atoms. The minimum absolute atomic E-state index is 0.0531. The van der Waals surface area contributed by atoms with E-state index in [0.29, 0.717) is 23.8 Å². The van der Waals surface area contributed by atoms with Gasteiger partial charge in [-0.05, 0) is 48.4 Å². The van der Waals surface area contributed by atoms with E-state index < -0.39 is 6.04 Å². The normalized spacial score (nSPS) is 21.5. The fourth-order valence-corrected chi connectivity index (χ4v) is 6.37. The Morgan fingerprint density at radius 2 is 1.66 bits per heavy atom. The number of hydrogen-bond donors (Lipinski definition) is 0. The third-order valence-electron chi connectivity index (χ3n) is 6.58. The maximum atomic E-state index is 13.7. The molecule has 1 heterocycles. The van der Waals surface area contributed by atoms with Crippen LogP contribution in [0, 0.1) is 5.92 Å². The van der Waals surface area contributed by atoms with Gasteiger partial charge in [0.05, 0.1) is 12.0 Å². The number of esters is 1. The highest BCUT2D eigenvalue weighted by molar-refractivity contribution is 8.00. The van der Waals surface area contributed by atoms with Crippen molar-refractivity contribution >= 4 is 23.6 Å². The van der Waals surface area contributed by atoms with Crippen LogP contribution in [-0.2, 0) is 9.53 Å². The molecule has 2 fully saturated rings. The minimum atomic E-state index is -0.495. The largest absolute Gasteiger partial charge is 0.464 e. The van der Waals surface area contributed by atoms with Crippen molar-refractivity contribution in [2.75, 3.05) is 12.4 Å². The van der Waals surface area contributed by atoms with Crippen molar-refractivity contribution in [3.8, 4) is 11.1 Å². The first-order valence-electron chi connectivity index (χ1n) is 12.0. The topological polar surface area (TPSA) is 46.6 Å². The van der Waals surface area contributed by atoms with E-state index in [-0.39, 0.29) is 17.3 Å². The summed E-state index contributed by atoms with van der Waals surface area (Å²) >= 11 is 1.76. The third-order valence-corrected chi connectivity index (χ3v) is 8.04. The Hall–Kier alpha value is -2.27. The van der Waals surface area contributed by atoms with Crippen LogP contribution in [0.5, 0.6) is 0 Å². The minimum Gasteiger partial charge on any atom is -0.464 e. The molecule has 2 aromatic rings. The quantitative estimate of drug-likeness (QED) is 0.374. The van der Waals surface area contributed by atoms with Crippen molar-refractivity contribution in [2.45, 2.75) is 63.3 Å². The molecule has 32 heavy (non-hydrogen) atoms. The number of rotatable bonds is 7. The molecule has 2 aromatic carbocycles. The van der Waals surface area contributed by atoms with Crippen LogP contribution in [0.2, 0.25) is 0 Å². The van der Waals surface area contributed by atoms with E-state index in [9.17, 15) is 9.59 Å². The molecular weight excluding hydrogens is 418 g/mol. The predicted octanol–water partition coefficient (Wildman–Crippen LogP) is 6.16. The maximum Gasteiger partial charge on any atom is 0.329 e. The van der Waals surface area contributed by atoms with Crippen molar-refractivity contribution in [3.05, 3.63) is 60.2 Å². The van der Waals surface area contributed by atoms with Crippen LogP contribution in [0.3, 0.4) is 0 Å². The van der Waals surface area contributed by atoms with Gasteiger partial charge < -0.3 is 9.64 Å². The van der Waals surface area contributed by atoms with Crippen molar-refractivity contribution in [1.29, 1.82) is 0 Å². The van der Waals surface area contributed by atoms with Crippen molar-refractivity contribution in [1.82, 2.24) is 4.90 Å². The van der Waals surface area contributed by atoms with Crippen LogP contribution >= 0.6 is 11.8 Å². The zero-order chi connectivity index (χ0) is 22.3. The molecule has 0 N–H and O–H groups in total. The van der Waals surface area contributed by atoms with E-state index in [2.05, 4.69) is 19.1 Å². The number of unbranched alkanes of at least 4 members (excludes halogenated alkanes) is 1. The number of ether oxygens (including phenoxy) is 1. The molecule has 2 aliphatic rings. The molecule has 2 unspecified atom stereocenters. The molecule has 0 aromatic heterocycles. The Morgan fingerprint density at radius 3 is 2.34 bits per heavy atom. The Balaban J connectivity index is 1.55.